The first-order valence-electron chi connectivity index (χ1n) is 11.3. The molecule has 0 heterocycles. The van der Waals surface area contributed by atoms with Crippen molar-refractivity contribution in [2.75, 3.05) is 7.11 Å². The van der Waals surface area contributed by atoms with Gasteiger partial charge in [0.1, 0.15) is 16.3 Å². The van der Waals surface area contributed by atoms with Gasteiger partial charge in [0.15, 0.2) is 11.5 Å². The van der Waals surface area contributed by atoms with Gasteiger partial charge in [-0.2, -0.15) is 0 Å². The Balaban J connectivity index is 1.83. The van der Waals surface area contributed by atoms with Gasteiger partial charge in [-0.15, -0.1) is 0 Å². The van der Waals surface area contributed by atoms with Gasteiger partial charge in [-0.1, -0.05) is 62.7 Å². The molecule has 1 aliphatic rings. The van der Waals surface area contributed by atoms with Crippen molar-refractivity contribution in [3.05, 3.63) is 56.5 Å². The average molecular weight is 597 g/mol. The summed E-state index contributed by atoms with van der Waals surface area (Å²) >= 11 is 6.70. The summed E-state index contributed by atoms with van der Waals surface area (Å²) in [4.78, 5) is 13.1. The van der Waals surface area contributed by atoms with E-state index in [0.29, 0.717) is 26.2 Å². The summed E-state index contributed by atoms with van der Waals surface area (Å²) in [7, 11) is 1.49. The summed E-state index contributed by atoms with van der Waals surface area (Å²) in [6, 6.07) is 11.9. The maximum Gasteiger partial charge on any atom is 0.356 e. The molecule has 2 aromatic carbocycles. The molecule has 0 bridgehead atoms. The van der Waals surface area contributed by atoms with Crippen molar-refractivity contribution < 1.29 is 24.6 Å². The lowest BCUT2D eigenvalue weighted by Gasteiger charge is -2.44. The molecule has 34 heavy (non-hydrogen) atoms. The lowest BCUT2D eigenvalue weighted by atomic mass is 9.64. The van der Waals surface area contributed by atoms with Gasteiger partial charge >= 0.3 is 5.97 Å². The van der Waals surface area contributed by atoms with Crippen molar-refractivity contribution in [3.8, 4) is 11.5 Å². The normalized spacial score (nSPS) is 21.2. The van der Waals surface area contributed by atoms with E-state index >= 15 is 0 Å². The molecular weight excluding hydrogens is 566 g/mol. The number of esters is 1. The Morgan fingerprint density at radius 1 is 1.21 bits per heavy atom. The number of phenolic OH excluding ortho intramolecular Hbond substituents is 1. The fraction of sp³-hybridized carbons (Fsp3) is 0.462. The largest absolute Gasteiger partial charge is 0.506 e. The maximum atomic E-state index is 13.1. The molecule has 2 aromatic rings. The van der Waals surface area contributed by atoms with Crippen LogP contribution in [0.15, 0.2) is 50.5 Å². The van der Waals surface area contributed by atoms with Crippen LogP contribution in [0.1, 0.15) is 51.2 Å². The smallest absolute Gasteiger partial charge is 0.356 e. The molecule has 6 nitrogen and oxygen atoms in total. The minimum Gasteiger partial charge on any atom is -0.506 e. The van der Waals surface area contributed by atoms with E-state index in [1.807, 2.05) is 18.2 Å². The minimum atomic E-state index is -0.682. The molecule has 0 radical (unpaired) electrons. The van der Waals surface area contributed by atoms with Gasteiger partial charge in [0.05, 0.1) is 11.6 Å². The van der Waals surface area contributed by atoms with Crippen molar-refractivity contribution in [2.45, 2.75) is 58.0 Å². The van der Waals surface area contributed by atoms with Gasteiger partial charge in [0, 0.05) is 17.9 Å². The number of carbonyl (C=O) groups excluding carboxylic acids is 1. The Bertz CT molecular complexity index is 1050. The minimum absolute atomic E-state index is 0.0941. The number of nitrogens with zero attached hydrogens (tertiary/aromatic N) is 1. The molecular formula is C26H31Br2NO5. The third kappa shape index (κ3) is 5.60. The van der Waals surface area contributed by atoms with Gasteiger partial charge in [-0.05, 0) is 67.7 Å². The molecule has 0 spiro atoms. The van der Waals surface area contributed by atoms with Crippen molar-refractivity contribution in [2.24, 2.45) is 17.0 Å². The highest BCUT2D eigenvalue weighted by Crippen LogP contribution is 2.44. The van der Waals surface area contributed by atoms with E-state index in [9.17, 15) is 15.1 Å². The highest BCUT2D eigenvalue weighted by molar-refractivity contribution is 9.11. The number of carbonyl (C=O) groups is 1. The van der Waals surface area contributed by atoms with Gasteiger partial charge in [0.25, 0.3) is 0 Å². The van der Waals surface area contributed by atoms with Crippen LogP contribution in [-0.4, -0.2) is 35.2 Å². The van der Waals surface area contributed by atoms with Gasteiger partial charge in [-0.3, -0.25) is 0 Å². The summed E-state index contributed by atoms with van der Waals surface area (Å²) in [5, 5.41) is 23.4. The van der Waals surface area contributed by atoms with Crippen LogP contribution < -0.4 is 4.74 Å². The Hall–Kier alpha value is -2.06. The number of ether oxygens (including phenoxy) is 2. The van der Waals surface area contributed by atoms with Crippen LogP contribution in [0.2, 0.25) is 0 Å². The molecule has 0 amide bonds. The number of benzene rings is 2. The fourth-order valence-electron chi connectivity index (χ4n) is 4.86. The molecule has 184 valence electrons. The van der Waals surface area contributed by atoms with Crippen LogP contribution in [0.3, 0.4) is 0 Å². The molecule has 1 saturated carbocycles. The lowest BCUT2D eigenvalue weighted by Crippen LogP contribution is -2.44. The van der Waals surface area contributed by atoms with E-state index < -0.39 is 5.97 Å². The first-order valence-corrected chi connectivity index (χ1v) is 12.9. The van der Waals surface area contributed by atoms with E-state index in [0.717, 1.165) is 19.3 Å². The molecule has 1 aliphatic carbocycles. The molecule has 3 atom stereocenters. The highest BCUT2D eigenvalue weighted by atomic mass is 79.9. The van der Waals surface area contributed by atoms with Gasteiger partial charge in [0.2, 0.25) is 0 Å². The number of methoxy groups -OCH3 is 1. The summed E-state index contributed by atoms with van der Waals surface area (Å²) in [5.74, 6) is 0.190. The van der Waals surface area contributed by atoms with Gasteiger partial charge in [-0.25, -0.2) is 4.79 Å². The van der Waals surface area contributed by atoms with Crippen LogP contribution in [-0.2, 0) is 21.4 Å². The second kappa shape index (κ2) is 11.1. The second-order valence-corrected chi connectivity index (χ2v) is 11.1. The van der Waals surface area contributed by atoms with E-state index in [2.05, 4.69) is 69.9 Å². The summed E-state index contributed by atoms with van der Waals surface area (Å²) in [6.45, 7) is 6.54. The molecule has 0 aliphatic heterocycles. The molecule has 8 heteroatoms. The van der Waals surface area contributed by atoms with Crippen molar-refractivity contribution in [1.82, 2.24) is 0 Å². The third-order valence-corrected chi connectivity index (χ3v) is 8.23. The van der Waals surface area contributed by atoms with Crippen LogP contribution in [0.25, 0.3) is 0 Å². The molecule has 2 N–H and O–H groups in total. The average Bonchev–Trinajstić information content (AvgIpc) is 2.81. The summed E-state index contributed by atoms with van der Waals surface area (Å²) in [6.07, 6.45) is 2.34. The summed E-state index contributed by atoms with van der Waals surface area (Å²) < 4.78 is 12.2. The molecule has 0 unspecified atom stereocenters. The first kappa shape index (κ1) is 26.5. The number of oxime groups is 1. The number of halogens is 2. The van der Waals surface area contributed by atoms with Crippen molar-refractivity contribution in [3.63, 3.8) is 0 Å². The Morgan fingerprint density at radius 2 is 1.88 bits per heavy atom. The zero-order valence-corrected chi connectivity index (χ0v) is 23.0. The Labute approximate surface area is 217 Å². The predicted molar refractivity (Wildman–Crippen MR) is 139 cm³/mol. The van der Waals surface area contributed by atoms with E-state index in [1.165, 1.54) is 12.7 Å². The van der Waals surface area contributed by atoms with Gasteiger partial charge < -0.3 is 19.8 Å². The lowest BCUT2D eigenvalue weighted by molar-refractivity contribution is -0.148. The Kier molecular flexibility index (Phi) is 8.68. The molecule has 0 aromatic heterocycles. The molecule has 1 fully saturated rings. The number of hydrogen-bond acceptors (Lipinski definition) is 6. The molecule has 0 saturated heterocycles. The zero-order chi connectivity index (χ0) is 25.0. The number of hydrogen-bond donors (Lipinski definition) is 2. The van der Waals surface area contributed by atoms with Crippen LogP contribution in [0.5, 0.6) is 11.5 Å². The summed E-state index contributed by atoms with van der Waals surface area (Å²) in [5.41, 5.74) is 1.22. The van der Waals surface area contributed by atoms with Crippen molar-refractivity contribution in [1.29, 1.82) is 0 Å². The van der Waals surface area contributed by atoms with E-state index in [4.69, 9.17) is 9.47 Å². The number of aromatic hydroxyl groups is 1. The van der Waals surface area contributed by atoms with Crippen LogP contribution >= 0.6 is 31.9 Å². The molecule has 3 rings (SSSR count). The SMILES string of the molecule is COc1c(Br)cc(C/C(=N\O)C(=O)O[C@@H]2C[C@H](C)CC[C@H]2C(C)(C)c2ccccc2)c(O)c1Br. The number of rotatable bonds is 7. The second-order valence-electron chi connectivity index (χ2n) is 9.49. The maximum absolute atomic E-state index is 13.1. The first-order chi connectivity index (χ1) is 16.1. The number of phenols is 1. The highest BCUT2D eigenvalue weighted by Gasteiger charge is 2.42. The zero-order valence-electron chi connectivity index (χ0n) is 19.8. The van der Waals surface area contributed by atoms with Crippen LogP contribution in [0, 0.1) is 11.8 Å². The third-order valence-electron chi connectivity index (χ3n) is 6.90. The predicted octanol–water partition coefficient (Wildman–Crippen LogP) is 6.62. The van der Waals surface area contributed by atoms with E-state index in [1.54, 1.807) is 6.07 Å². The Morgan fingerprint density at radius 3 is 2.50 bits per heavy atom. The topological polar surface area (TPSA) is 88.4 Å². The van der Waals surface area contributed by atoms with E-state index in [-0.39, 0.29) is 35.3 Å². The van der Waals surface area contributed by atoms with Crippen molar-refractivity contribution >= 4 is 43.5 Å². The fourth-order valence-corrected chi connectivity index (χ4v) is 6.40. The van der Waals surface area contributed by atoms with Crippen LogP contribution in [0.4, 0.5) is 0 Å². The monoisotopic (exact) mass is 595 g/mol. The standard InChI is InChI=1S/C26H31Br2NO5/c1-15-10-11-18(26(2,3)17-8-6-5-7-9-17)21(12-15)34-25(31)20(29-32)14-16-13-19(27)24(33-4)22(28)23(16)30/h5-9,13,15,18,21,30,32H,10-12,14H2,1-4H3/b29-20+/t15-,18-,21-/m1/s1. The quantitative estimate of drug-likeness (QED) is 0.162.